The summed E-state index contributed by atoms with van der Waals surface area (Å²) >= 11 is 0. The van der Waals surface area contributed by atoms with Crippen molar-refractivity contribution in [2.45, 2.75) is 45.6 Å². The predicted octanol–water partition coefficient (Wildman–Crippen LogP) is 7.46. The summed E-state index contributed by atoms with van der Waals surface area (Å²) < 4.78 is 24.5. The lowest BCUT2D eigenvalue weighted by atomic mass is 9.97. The Hall–Kier alpha value is -5.24. The summed E-state index contributed by atoms with van der Waals surface area (Å²) in [6, 6.07) is 28.3. The third-order valence-corrected chi connectivity index (χ3v) is 7.39. The van der Waals surface area contributed by atoms with Gasteiger partial charge >= 0.3 is 11.9 Å². The van der Waals surface area contributed by atoms with Crippen molar-refractivity contribution < 1.29 is 28.5 Å². The molecule has 6 rings (SSSR count). The maximum Gasteiger partial charge on any atom is 0.415 e. The molecule has 1 aliphatic heterocycles. The number of phenolic OH excluding ortho intramolecular Hbond substituents is 1. The molecule has 1 N–H and O–H groups in total. The van der Waals surface area contributed by atoms with Crippen LogP contribution >= 0.6 is 0 Å². The highest BCUT2D eigenvalue weighted by atomic mass is 16.7. The molecule has 0 saturated heterocycles. The number of ether oxygens (including phenoxy) is 3. The number of aromatic hydroxyl groups is 1. The fraction of sp³-hybridized carbons (Fsp3) is 0.200. The van der Waals surface area contributed by atoms with Gasteiger partial charge in [0.05, 0.1) is 0 Å². The zero-order valence-electron chi connectivity index (χ0n) is 24.2. The number of hydrogen-bond acceptors (Lipinski definition) is 7. The summed E-state index contributed by atoms with van der Waals surface area (Å²) in [6.07, 6.45) is -0.441. The number of rotatable bonds is 6. The standard InChI is InChI=1S/C35H31NO7/c1-21(2)36(22(3)4)34(39)40-26-17-15-23(16-18-26)28-19-27(37)31-29(41-28)20-30-33(32(31)38)43-35(42-30,24-11-7-5-8-12-24)25-13-9-6-10-14-25/h5-22,38H,1-4H3. The molecule has 4 aromatic carbocycles. The molecule has 218 valence electrons. The minimum atomic E-state index is -1.38. The molecule has 8 heteroatoms. The van der Waals surface area contributed by atoms with E-state index >= 15 is 0 Å². The molecule has 0 radical (unpaired) electrons. The summed E-state index contributed by atoms with van der Waals surface area (Å²) in [5.41, 5.74) is 1.71. The van der Waals surface area contributed by atoms with Gasteiger partial charge in [0.2, 0.25) is 5.75 Å². The largest absolute Gasteiger partial charge is 0.504 e. The highest BCUT2D eigenvalue weighted by Crippen LogP contribution is 2.53. The van der Waals surface area contributed by atoms with Crippen LogP contribution in [-0.2, 0) is 5.79 Å². The van der Waals surface area contributed by atoms with Gasteiger partial charge in [-0.05, 0) is 52.0 Å². The van der Waals surface area contributed by atoms with E-state index in [9.17, 15) is 14.7 Å². The minimum Gasteiger partial charge on any atom is -0.504 e. The molecule has 0 atom stereocenters. The van der Waals surface area contributed by atoms with Crippen molar-refractivity contribution in [1.29, 1.82) is 0 Å². The van der Waals surface area contributed by atoms with Crippen LogP contribution in [0.5, 0.6) is 23.0 Å². The van der Waals surface area contributed by atoms with Gasteiger partial charge in [-0.15, -0.1) is 0 Å². The molecule has 43 heavy (non-hydrogen) atoms. The van der Waals surface area contributed by atoms with Crippen LogP contribution in [0.3, 0.4) is 0 Å². The molecule has 0 unspecified atom stereocenters. The normalized spacial score (nSPS) is 13.4. The molecule has 0 fully saturated rings. The zero-order valence-corrected chi connectivity index (χ0v) is 24.2. The first-order chi connectivity index (χ1) is 20.7. The van der Waals surface area contributed by atoms with E-state index in [0.717, 1.165) is 0 Å². The van der Waals surface area contributed by atoms with Crippen molar-refractivity contribution in [3.05, 3.63) is 118 Å². The fourth-order valence-electron chi connectivity index (χ4n) is 5.47. The second kappa shape index (κ2) is 10.9. The van der Waals surface area contributed by atoms with Crippen LogP contribution in [0.15, 0.2) is 106 Å². The van der Waals surface area contributed by atoms with E-state index in [1.54, 1.807) is 35.2 Å². The summed E-state index contributed by atoms with van der Waals surface area (Å²) in [7, 11) is 0. The van der Waals surface area contributed by atoms with E-state index in [4.69, 9.17) is 18.6 Å². The first kappa shape index (κ1) is 27.9. The van der Waals surface area contributed by atoms with Gasteiger partial charge in [-0.2, -0.15) is 0 Å². The van der Waals surface area contributed by atoms with E-state index < -0.39 is 17.3 Å². The lowest BCUT2D eigenvalue weighted by molar-refractivity contribution is -0.0466. The van der Waals surface area contributed by atoms with Crippen LogP contribution in [0.25, 0.3) is 22.3 Å². The smallest absolute Gasteiger partial charge is 0.415 e. The monoisotopic (exact) mass is 577 g/mol. The molecule has 5 aromatic rings. The van der Waals surface area contributed by atoms with Crippen LogP contribution < -0.4 is 19.6 Å². The van der Waals surface area contributed by atoms with Crippen molar-refractivity contribution in [3.63, 3.8) is 0 Å². The van der Waals surface area contributed by atoms with E-state index in [1.807, 2.05) is 88.4 Å². The Bertz CT molecular complexity index is 1800. The molecule has 1 aliphatic rings. The maximum atomic E-state index is 13.3. The van der Waals surface area contributed by atoms with Crippen LogP contribution in [0, 0.1) is 0 Å². The van der Waals surface area contributed by atoms with Gasteiger partial charge in [0.1, 0.15) is 22.5 Å². The average molecular weight is 578 g/mol. The average Bonchev–Trinajstić information content (AvgIpc) is 3.39. The number of carbonyl (C=O) groups is 1. The molecular weight excluding hydrogens is 546 g/mol. The number of phenols is 1. The van der Waals surface area contributed by atoms with Gasteiger partial charge in [-0.1, -0.05) is 60.7 Å². The van der Waals surface area contributed by atoms with E-state index in [1.165, 1.54) is 6.07 Å². The van der Waals surface area contributed by atoms with Crippen LogP contribution in [-0.4, -0.2) is 28.2 Å². The van der Waals surface area contributed by atoms with E-state index in [2.05, 4.69) is 0 Å². The molecule has 1 aromatic heterocycles. The summed E-state index contributed by atoms with van der Waals surface area (Å²) in [5.74, 6) is -0.800. The van der Waals surface area contributed by atoms with Gasteiger partial charge in [-0.25, -0.2) is 4.79 Å². The second-order valence-electron chi connectivity index (χ2n) is 10.9. The first-order valence-electron chi connectivity index (χ1n) is 14.1. The second-order valence-corrected chi connectivity index (χ2v) is 10.9. The van der Waals surface area contributed by atoms with Crippen LogP contribution in [0.2, 0.25) is 0 Å². The number of amides is 1. The number of hydrogen-bond donors (Lipinski definition) is 1. The Kier molecular flexibility index (Phi) is 7.05. The molecule has 1 amide bonds. The van der Waals surface area contributed by atoms with Crippen molar-refractivity contribution in [3.8, 4) is 34.3 Å². The lowest BCUT2D eigenvalue weighted by Crippen LogP contribution is -2.43. The molecule has 0 spiro atoms. The van der Waals surface area contributed by atoms with Crippen molar-refractivity contribution in [2.75, 3.05) is 0 Å². The molecule has 0 saturated carbocycles. The quantitative estimate of drug-likeness (QED) is 0.224. The van der Waals surface area contributed by atoms with Crippen molar-refractivity contribution in [1.82, 2.24) is 4.90 Å². The maximum absolute atomic E-state index is 13.3. The molecule has 2 heterocycles. The highest BCUT2D eigenvalue weighted by Gasteiger charge is 2.47. The predicted molar refractivity (Wildman–Crippen MR) is 163 cm³/mol. The Labute approximate surface area is 248 Å². The zero-order chi connectivity index (χ0) is 30.3. The Morgan fingerprint density at radius 3 is 1.95 bits per heavy atom. The SMILES string of the molecule is CC(C)N(C(=O)Oc1ccc(-c2cc(=O)c3c(O)c4c(cc3o2)OC(c2ccccc2)(c2ccccc2)O4)cc1)C(C)C. The molecular formula is C35H31NO7. The minimum absolute atomic E-state index is 0.0172. The van der Waals surface area contributed by atoms with E-state index in [-0.39, 0.29) is 46.1 Å². The summed E-state index contributed by atoms with van der Waals surface area (Å²) in [4.78, 5) is 27.7. The van der Waals surface area contributed by atoms with Gasteiger partial charge in [0, 0.05) is 40.9 Å². The third kappa shape index (κ3) is 4.95. The highest BCUT2D eigenvalue weighted by molar-refractivity contribution is 5.90. The third-order valence-electron chi connectivity index (χ3n) is 7.39. The van der Waals surface area contributed by atoms with Crippen LogP contribution in [0.1, 0.15) is 38.8 Å². The van der Waals surface area contributed by atoms with Gasteiger partial charge in [-0.3, -0.25) is 4.79 Å². The van der Waals surface area contributed by atoms with Gasteiger partial charge in [0.15, 0.2) is 16.9 Å². The Morgan fingerprint density at radius 2 is 1.40 bits per heavy atom. The summed E-state index contributed by atoms with van der Waals surface area (Å²) in [5, 5.41) is 11.2. The van der Waals surface area contributed by atoms with Gasteiger partial charge in [0.25, 0.3) is 0 Å². The molecule has 8 nitrogen and oxygen atoms in total. The van der Waals surface area contributed by atoms with E-state index in [0.29, 0.717) is 22.4 Å². The number of benzene rings is 4. The molecule has 0 aliphatic carbocycles. The van der Waals surface area contributed by atoms with Crippen LogP contribution in [0.4, 0.5) is 4.79 Å². The number of nitrogens with zero attached hydrogens (tertiary/aromatic N) is 1. The fourth-order valence-corrected chi connectivity index (χ4v) is 5.47. The molecule has 0 bridgehead atoms. The number of carbonyl (C=O) groups excluding carboxylic acids is 1. The van der Waals surface area contributed by atoms with Gasteiger partial charge < -0.3 is 28.6 Å². The summed E-state index contributed by atoms with van der Waals surface area (Å²) in [6.45, 7) is 7.72. The van der Waals surface area contributed by atoms with Crippen molar-refractivity contribution >= 4 is 17.1 Å². The Balaban J connectivity index is 1.36. The topological polar surface area (TPSA) is 98.4 Å². The lowest BCUT2D eigenvalue weighted by Gasteiger charge is -2.29. The van der Waals surface area contributed by atoms with Crippen molar-refractivity contribution in [2.24, 2.45) is 0 Å². The number of fused-ring (bicyclic) bond motifs is 2. The Morgan fingerprint density at radius 1 is 0.814 bits per heavy atom. The first-order valence-corrected chi connectivity index (χ1v) is 14.1.